The Morgan fingerprint density at radius 3 is 2.14 bits per heavy atom. The molecule has 0 bridgehead atoms. The molecule has 5 N–H and O–H groups in total. The molecule has 0 radical (unpaired) electrons. The second-order valence-corrected chi connectivity index (χ2v) is 4.35. The fourth-order valence-corrected chi connectivity index (χ4v) is 1.83. The lowest BCUT2D eigenvalue weighted by Crippen LogP contribution is -2.03. The first-order valence-electron chi connectivity index (χ1n) is 6.17. The van der Waals surface area contributed by atoms with Crippen molar-refractivity contribution in [1.82, 2.24) is 0 Å². The average molecular weight is 275 g/mol. The molecule has 0 aliphatic heterocycles. The van der Waals surface area contributed by atoms with E-state index in [-0.39, 0.29) is 5.57 Å². The number of nitriles is 2. The van der Waals surface area contributed by atoms with E-state index in [2.05, 4.69) is 5.32 Å². The Kier molecular flexibility index (Phi) is 4.09. The van der Waals surface area contributed by atoms with Crippen molar-refractivity contribution < 1.29 is 0 Å². The van der Waals surface area contributed by atoms with Crippen LogP contribution < -0.4 is 16.8 Å². The van der Waals surface area contributed by atoms with Crippen molar-refractivity contribution in [2.45, 2.75) is 0 Å². The largest absolute Gasteiger partial charge is 0.399 e. The van der Waals surface area contributed by atoms with Gasteiger partial charge in [-0.05, 0) is 30.3 Å². The van der Waals surface area contributed by atoms with Crippen LogP contribution in [0.2, 0.25) is 0 Å². The van der Waals surface area contributed by atoms with Crippen molar-refractivity contribution in [1.29, 1.82) is 10.5 Å². The molecule has 0 aliphatic rings. The molecule has 0 heterocycles. The van der Waals surface area contributed by atoms with Gasteiger partial charge in [0.25, 0.3) is 0 Å². The van der Waals surface area contributed by atoms with Crippen LogP contribution in [0.25, 0.3) is 5.70 Å². The maximum atomic E-state index is 9.13. The predicted octanol–water partition coefficient (Wildman–Crippen LogP) is 2.72. The van der Waals surface area contributed by atoms with Gasteiger partial charge in [-0.25, -0.2) is 0 Å². The van der Waals surface area contributed by atoms with Crippen LogP contribution in [0.5, 0.6) is 0 Å². The minimum atomic E-state index is -0.0119. The van der Waals surface area contributed by atoms with Gasteiger partial charge in [-0.2, -0.15) is 10.5 Å². The van der Waals surface area contributed by atoms with Gasteiger partial charge < -0.3 is 16.8 Å². The third-order valence-corrected chi connectivity index (χ3v) is 2.83. The van der Waals surface area contributed by atoms with Gasteiger partial charge in [0.05, 0.1) is 5.70 Å². The van der Waals surface area contributed by atoms with E-state index in [4.69, 9.17) is 22.0 Å². The van der Waals surface area contributed by atoms with E-state index in [1.165, 1.54) is 0 Å². The molecule has 0 amide bonds. The summed E-state index contributed by atoms with van der Waals surface area (Å²) in [4.78, 5) is 0. The molecule has 102 valence electrons. The molecule has 0 spiro atoms. The fourth-order valence-electron chi connectivity index (χ4n) is 1.83. The molecule has 0 aromatic heterocycles. The summed E-state index contributed by atoms with van der Waals surface area (Å²) in [5.41, 5.74) is 14.4. The highest BCUT2D eigenvalue weighted by Crippen LogP contribution is 2.23. The molecule has 21 heavy (non-hydrogen) atoms. The Bertz CT molecular complexity index is 744. The molecule has 2 aromatic rings. The lowest BCUT2D eigenvalue weighted by atomic mass is 10.1. The molecule has 0 aliphatic carbocycles. The van der Waals surface area contributed by atoms with E-state index in [1.54, 1.807) is 48.5 Å². The highest BCUT2D eigenvalue weighted by atomic mass is 14.9. The third kappa shape index (κ3) is 3.31. The molecule has 0 saturated heterocycles. The molecule has 2 aromatic carbocycles. The number of rotatable bonds is 3. The number of nitrogens with one attached hydrogen (secondary N) is 1. The Morgan fingerprint density at radius 1 is 0.905 bits per heavy atom. The number of allylic oxidation sites excluding steroid dienone is 1. The highest BCUT2D eigenvalue weighted by Gasteiger charge is 2.10. The number of benzene rings is 2. The maximum absolute atomic E-state index is 9.13. The average Bonchev–Trinajstić information content (AvgIpc) is 2.48. The van der Waals surface area contributed by atoms with Crippen LogP contribution in [-0.4, -0.2) is 0 Å². The van der Waals surface area contributed by atoms with Crippen molar-refractivity contribution in [3.05, 3.63) is 59.7 Å². The summed E-state index contributed by atoms with van der Waals surface area (Å²) in [5, 5.41) is 21.3. The first-order chi connectivity index (χ1) is 10.1. The van der Waals surface area contributed by atoms with E-state index in [1.807, 2.05) is 12.1 Å². The number of nitrogen functional groups attached to an aromatic ring is 2. The van der Waals surface area contributed by atoms with Crippen molar-refractivity contribution in [3.8, 4) is 12.1 Å². The summed E-state index contributed by atoms with van der Waals surface area (Å²) < 4.78 is 0. The van der Waals surface area contributed by atoms with Crippen LogP contribution in [0.3, 0.4) is 0 Å². The number of hydrogen-bond donors (Lipinski definition) is 3. The van der Waals surface area contributed by atoms with Crippen LogP contribution >= 0.6 is 0 Å². The number of nitrogens with two attached hydrogens (primary N) is 2. The topological polar surface area (TPSA) is 112 Å². The van der Waals surface area contributed by atoms with E-state index >= 15 is 0 Å². The molecule has 0 saturated carbocycles. The van der Waals surface area contributed by atoms with Gasteiger partial charge in [-0.3, -0.25) is 0 Å². The van der Waals surface area contributed by atoms with Crippen LogP contribution in [0.15, 0.2) is 54.1 Å². The second kappa shape index (κ2) is 6.14. The summed E-state index contributed by atoms with van der Waals surface area (Å²) in [6.45, 7) is 0. The van der Waals surface area contributed by atoms with E-state index < -0.39 is 0 Å². The quantitative estimate of drug-likeness (QED) is 0.589. The van der Waals surface area contributed by atoms with Crippen molar-refractivity contribution in [3.63, 3.8) is 0 Å². The molecular weight excluding hydrogens is 262 g/mol. The van der Waals surface area contributed by atoms with E-state index in [0.29, 0.717) is 28.3 Å². The van der Waals surface area contributed by atoms with E-state index in [9.17, 15) is 0 Å². The third-order valence-electron chi connectivity index (χ3n) is 2.83. The van der Waals surface area contributed by atoms with Gasteiger partial charge in [-0.15, -0.1) is 0 Å². The molecule has 0 fully saturated rings. The Labute approximate surface area is 122 Å². The first-order valence-corrected chi connectivity index (χ1v) is 6.17. The zero-order valence-corrected chi connectivity index (χ0v) is 11.2. The Balaban J connectivity index is 2.49. The van der Waals surface area contributed by atoms with Crippen LogP contribution in [0.1, 0.15) is 5.56 Å². The zero-order valence-electron chi connectivity index (χ0n) is 11.2. The predicted molar refractivity (Wildman–Crippen MR) is 83.5 cm³/mol. The van der Waals surface area contributed by atoms with Crippen molar-refractivity contribution >= 4 is 22.8 Å². The fraction of sp³-hybridized carbons (Fsp3) is 0. The molecular formula is C16H13N5. The normalized spacial score (nSPS) is 9.24. The Morgan fingerprint density at radius 2 is 1.57 bits per heavy atom. The first kappa shape index (κ1) is 14.0. The minimum absolute atomic E-state index is 0.0119. The molecule has 0 unspecified atom stereocenters. The van der Waals surface area contributed by atoms with Gasteiger partial charge in [0.2, 0.25) is 0 Å². The van der Waals surface area contributed by atoms with Crippen LogP contribution in [0.4, 0.5) is 17.1 Å². The molecule has 5 nitrogen and oxygen atoms in total. The minimum Gasteiger partial charge on any atom is -0.399 e. The van der Waals surface area contributed by atoms with E-state index in [0.717, 1.165) is 0 Å². The molecule has 5 heteroatoms. The number of anilines is 3. The van der Waals surface area contributed by atoms with Gasteiger partial charge in [0, 0.05) is 22.6 Å². The summed E-state index contributed by atoms with van der Waals surface area (Å²) in [7, 11) is 0. The SMILES string of the molecule is N#CC(C#N)=C(Nc1cccc(N)c1)c1ccc(N)cc1. The smallest absolute Gasteiger partial charge is 0.153 e. The van der Waals surface area contributed by atoms with Crippen molar-refractivity contribution in [2.24, 2.45) is 0 Å². The summed E-state index contributed by atoms with van der Waals surface area (Å²) in [6.07, 6.45) is 0. The van der Waals surface area contributed by atoms with Crippen LogP contribution in [-0.2, 0) is 0 Å². The standard InChI is InChI=1S/C16H13N5/c17-9-12(10-18)16(11-4-6-13(19)7-5-11)21-15-3-1-2-14(20)8-15/h1-8,21H,19-20H2. The van der Waals surface area contributed by atoms with Crippen LogP contribution in [0, 0.1) is 22.7 Å². The van der Waals surface area contributed by atoms with Gasteiger partial charge in [-0.1, -0.05) is 18.2 Å². The summed E-state index contributed by atoms with van der Waals surface area (Å²) >= 11 is 0. The van der Waals surface area contributed by atoms with Gasteiger partial charge >= 0.3 is 0 Å². The zero-order chi connectivity index (χ0) is 15.2. The maximum Gasteiger partial charge on any atom is 0.153 e. The van der Waals surface area contributed by atoms with Gasteiger partial charge in [0.15, 0.2) is 5.57 Å². The monoisotopic (exact) mass is 275 g/mol. The lowest BCUT2D eigenvalue weighted by molar-refractivity contribution is 1.44. The highest BCUT2D eigenvalue weighted by molar-refractivity contribution is 5.84. The number of hydrogen-bond acceptors (Lipinski definition) is 5. The summed E-state index contributed by atoms with van der Waals surface area (Å²) in [5.74, 6) is 0. The molecule has 2 rings (SSSR count). The van der Waals surface area contributed by atoms with Crippen molar-refractivity contribution in [2.75, 3.05) is 16.8 Å². The second-order valence-electron chi connectivity index (χ2n) is 4.35. The summed E-state index contributed by atoms with van der Waals surface area (Å²) in [6, 6.07) is 17.8. The molecule has 0 atom stereocenters. The number of nitrogens with zero attached hydrogens (tertiary/aromatic N) is 2. The lowest BCUT2D eigenvalue weighted by Gasteiger charge is -2.12. The van der Waals surface area contributed by atoms with Gasteiger partial charge in [0.1, 0.15) is 12.1 Å². The Hall–Kier alpha value is -3.44.